The van der Waals surface area contributed by atoms with Gasteiger partial charge in [-0.2, -0.15) is 0 Å². The molecule has 12 nitrogen and oxygen atoms in total. The van der Waals surface area contributed by atoms with E-state index in [0.29, 0.717) is 6.54 Å². The van der Waals surface area contributed by atoms with Gasteiger partial charge < -0.3 is 46.2 Å². The lowest BCUT2D eigenvalue weighted by Crippen LogP contribution is -2.65. The highest BCUT2D eigenvalue weighted by atomic mass is 16.7. The molecule has 0 aromatic heterocycles. The summed E-state index contributed by atoms with van der Waals surface area (Å²) in [6, 6.07) is -1.21. The van der Waals surface area contributed by atoms with Crippen LogP contribution in [-0.4, -0.2) is 97.7 Å². The van der Waals surface area contributed by atoms with Crippen molar-refractivity contribution in [2.24, 2.45) is 11.6 Å². The maximum Gasteiger partial charge on any atom is 0.364 e. The van der Waals surface area contributed by atoms with E-state index in [0.717, 1.165) is 0 Å². The first-order chi connectivity index (χ1) is 10.6. The van der Waals surface area contributed by atoms with Gasteiger partial charge in [0.2, 0.25) is 0 Å². The zero-order chi connectivity index (χ0) is 18.2. The molecule has 6 atom stereocenters. The molecule has 1 unspecified atom stereocenters. The third kappa shape index (κ3) is 6.23. The topological polar surface area (TPSA) is 232 Å². The second-order valence-electron chi connectivity index (χ2n) is 4.94. The highest BCUT2D eigenvalue weighted by Gasteiger charge is 2.52. The van der Waals surface area contributed by atoms with Crippen LogP contribution >= 0.6 is 0 Å². The van der Waals surface area contributed by atoms with Crippen molar-refractivity contribution in [1.29, 1.82) is 0 Å². The van der Waals surface area contributed by atoms with E-state index < -0.39 is 55.2 Å². The van der Waals surface area contributed by atoms with E-state index in [2.05, 4.69) is 5.43 Å². The summed E-state index contributed by atoms with van der Waals surface area (Å²) in [5.41, 5.74) is 7.77. The van der Waals surface area contributed by atoms with Crippen LogP contribution in [-0.2, 0) is 9.53 Å². The molecule has 0 saturated carbocycles. The summed E-state index contributed by atoms with van der Waals surface area (Å²) in [6.45, 7) is -0.230. The van der Waals surface area contributed by atoms with Crippen molar-refractivity contribution < 1.29 is 45.3 Å². The molecule has 0 aromatic carbocycles. The van der Waals surface area contributed by atoms with Crippen molar-refractivity contribution in [3.8, 4) is 0 Å². The second-order valence-corrected chi connectivity index (χ2v) is 4.94. The van der Waals surface area contributed by atoms with E-state index in [4.69, 9.17) is 31.6 Å². The van der Waals surface area contributed by atoms with Gasteiger partial charge in [-0.25, -0.2) is 4.79 Å². The lowest BCUT2D eigenvalue weighted by atomic mass is 9.89. The molecule has 0 aliphatic carbocycles. The van der Waals surface area contributed by atoms with Crippen LogP contribution in [0.2, 0.25) is 0 Å². The quantitative estimate of drug-likeness (QED) is 0.161. The number of carboxylic acid groups (broad SMARTS) is 1. The molecule has 12 N–H and O–H groups in total. The van der Waals surface area contributed by atoms with Crippen LogP contribution in [0, 0.1) is 0 Å². The van der Waals surface area contributed by atoms with Crippen LogP contribution in [0.1, 0.15) is 6.42 Å². The molecular weight excluding hydrogens is 318 g/mol. The van der Waals surface area contributed by atoms with Gasteiger partial charge in [0.25, 0.3) is 5.79 Å². The molecule has 12 heteroatoms. The molecule has 1 saturated heterocycles. The molecule has 1 aliphatic heterocycles. The van der Waals surface area contributed by atoms with Gasteiger partial charge in [-0.15, -0.1) is 0 Å². The van der Waals surface area contributed by atoms with Gasteiger partial charge in [-0.05, 0) is 0 Å². The average molecular weight is 343 g/mol. The Balaban J connectivity index is 0.000000841. The summed E-state index contributed by atoms with van der Waals surface area (Å²) in [6.07, 6.45) is -7.01. The minimum absolute atomic E-state index is 0.108. The van der Waals surface area contributed by atoms with Crippen LogP contribution in [0.15, 0.2) is 0 Å². The Morgan fingerprint density at radius 2 is 1.96 bits per heavy atom. The number of nitrogens with two attached hydrogens (primary N) is 2. The van der Waals surface area contributed by atoms with Crippen molar-refractivity contribution in [1.82, 2.24) is 5.43 Å². The van der Waals surface area contributed by atoms with Crippen LogP contribution < -0.4 is 17.0 Å². The fourth-order valence-electron chi connectivity index (χ4n) is 1.82. The third-order valence-electron chi connectivity index (χ3n) is 3.15. The van der Waals surface area contributed by atoms with Crippen molar-refractivity contribution in [3.63, 3.8) is 0 Å². The summed E-state index contributed by atoms with van der Waals surface area (Å²) < 4.78 is 4.75. The molecule has 0 spiro atoms. The van der Waals surface area contributed by atoms with Crippen molar-refractivity contribution in [3.05, 3.63) is 0 Å². The minimum atomic E-state index is -2.70. The van der Waals surface area contributed by atoms with E-state index in [1.54, 1.807) is 0 Å². The molecule has 0 aromatic rings. The Hall–Kier alpha value is -0.930. The van der Waals surface area contributed by atoms with E-state index in [1.807, 2.05) is 0 Å². The van der Waals surface area contributed by atoms with Gasteiger partial charge in [-0.3, -0.25) is 11.3 Å². The molecule has 0 radical (unpaired) electrons. The van der Waals surface area contributed by atoms with Gasteiger partial charge in [0.1, 0.15) is 18.3 Å². The lowest BCUT2D eigenvalue weighted by molar-refractivity contribution is -0.292. The van der Waals surface area contributed by atoms with Gasteiger partial charge in [0, 0.05) is 13.0 Å². The molecule has 138 valence electrons. The van der Waals surface area contributed by atoms with Crippen LogP contribution in [0.5, 0.6) is 0 Å². The lowest BCUT2D eigenvalue weighted by Gasteiger charge is -2.43. The number of aliphatic carboxylic acids is 1. The Bertz CT molecular complexity index is 360. The Morgan fingerprint density at radius 3 is 2.30 bits per heavy atom. The summed E-state index contributed by atoms with van der Waals surface area (Å²) >= 11 is 0. The number of ether oxygens (including phenoxy) is 1. The van der Waals surface area contributed by atoms with Gasteiger partial charge >= 0.3 is 5.97 Å². The molecule has 1 heterocycles. The van der Waals surface area contributed by atoms with E-state index in [-0.39, 0.29) is 6.61 Å². The molecule has 0 amide bonds. The van der Waals surface area contributed by atoms with Crippen LogP contribution in [0.3, 0.4) is 0 Å². The number of nitrogens with one attached hydrogen (secondary N) is 1. The fraction of sp³-hybridized carbons (Fsp3) is 0.909. The number of hydrogen-bond acceptors (Lipinski definition) is 11. The average Bonchev–Trinajstić information content (AvgIpc) is 2.50. The summed E-state index contributed by atoms with van der Waals surface area (Å²) in [4.78, 5) is 10.8. The summed E-state index contributed by atoms with van der Waals surface area (Å²) in [5.74, 6) is 0.285. The predicted molar refractivity (Wildman–Crippen MR) is 74.4 cm³/mol. The maximum atomic E-state index is 10.8. The largest absolute Gasteiger partial charge is 0.477 e. The zero-order valence-corrected chi connectivity index (χ0v) is 12.3. The van der Waals surface area contributed by atoms with Gasteiger partial charge in [-0.1, -0.05) is 0 Å². The smallest absolute Gasteiger partial charge is 0.364 e. The number of carbonyl (C=O) groups is 1. The molecule has 0 bridgehead atoms. The normalized spacial score (nSPS) is 33.3. The third-order valence-corrected chi connectivity index (χ3v) is 3.15. The molecule has 1 aliphatic rings. The first-order valence-electron chi connectivity index (χ1n) is 6.73. The minimum Gasteiger partial charge on any atom is -0.477 e. The Kier molecular flexibility index (Phi) is 9.64. The summed E-state index contributed by atoms with van der Waals surface area (Å²) in [7, 11) is 0. The molecule has 1 fully saturated rings. The highest BCUT2D eigenvalue weighted by molar-refractivity contribution is 5.75. The number of hydrazine groups is 1. The number of hydrogen-bond donors (Lipinski definition) is 10. The fourth-order valence-corrected chi connectivity index (χ4v) is 1.82. The Morgan fingerprint density at radius 1 is 1.39 bits per heavy atom. The standard InChI is InChI=1S/C9H17NO8.C2H8N2O/c10-5-3(12)1-9(17,8(15)16)18-7(5)6(14)4(13)2-11;3-4-1-2-5/h3-7,11-14,17H,1-2,10H2,(H,15,16);4-5H,1-3H2/t3-,4+,5+,6+,7+,9?;/m0./s1. The maximum absolute atomic E-state index is 10.8. The number of aliphatic hydroxyl groups excluding tert-OH is 5. The number of rotatable bonds is 6. The van der Waals surface area contributed by atoms with E-state index in [1.165, 1.54) is 0 Å². The predicted octanol–water partition coefficient (Wildman–Crippen LogP) is -5.61. The first-order valence-corrected chi connectivity index (χ1v) is 6.73. The van der Waals surface area contributed by atoms with Crippen molar-refractivity contribution in [2.45, 2.75) is 42.7 Å². The molecule has 23 heavy (non-hydrogen) atoms. The van der Waals surface area contributed by atoms with Crippen LogP contribution in [0.4, 0.5) is 0 Å². The van der Waals surface area contributed by atoms with Gasteiger partial charge in [0.05, 0.1) is 25.4 Å². The monoisotopic (exact) mass is 343 g/mol. The second kappa shape index (κ2) is 10.0. The van der Waals surface area contributed by atoms with E-state index in [9.17, 15) is 25.2 Å². The van der Waals surface area contributed by atoms with Crippen molar-refractivity contribution in [2.75, 3.05) is 19.8 Å². The van der Waals surface area contributed by atoms with E-state index >= 15 is 0 Å². The van der Waals surface area contributed by atoms with Crippen molar-refractivity contribution >= 4 is 5.97 Å². The first kappa shape index (κ1) is 22.1. The SMILES string of the molecule is NNCCO.N[C@H]1[C@H]([C@H](O)[C@H](O)CO)OC(O)(C(=O)O)C[C@@H]1O. The van der Waals surface area contributed by atoms with Crippen LogP contribution in [0.25, 0.3) is 0 Å². The number of aliphatic hydroxyl groups is 6. The summed E-state index contributed by atoms with van der Waals surface area (Å²) in [5, 5.41) is 63.4. The zero-order valence-electron chi connectivity index (χ0n) is 12.3. The molecule has 1 rings (SSSR count). The van der Waals surface area contributed by atoms with Gasteiger partial charge in [0.15, 0.2) is 0 Å². The highest BCUT2D eigenvalue weighted by Crippen LogP contribution is 2.29. The Labute approximate surface area is 131 Å². The number of carboxylic acids is 1. The molecular formula is C11H25N3O9.